The SMILES string of the molecule is CCc1ccncc1.[O-]c1ccccc1N=Nc1ccccc1[O-].[Pd+2]. The van der Waals surface area contributed by atoms with E-state index in [1.165, 1.54) is 17.7 Å². The van der Waals surface area contributed by atoms with E-state index >= 15 is 0 Å². The second-order valence-corrected chi connectivity index (χ2v) is 4.84. The molecule has 1 aromatic heterocycles. The van der Waals surface area contributed by atoms with Crippen LogP contribution < -0.4 is 10.2 Å². The molecule has 2 aromatic carbocycles. The average Bonchev–Trinajstić information content (AvgIpc) is 2.63. The van der Waals surface area contributed by atoms with Gasteiger partial charge in [-0.05, 0) is 36.2 Å². The monoisotopic (exact) mass is 425 g/mol. The van der Waals surface area contributed by atoms with Crippen molar-refractivity contribution in [2.75, 3.05) is 0 Å². The molecular formula is C19H17N3O2Pd. The van der Waals surface area contributed by atoms with Crippen molar-refractivity contribution < 1.29 is 30.6 Å². The summed E-state index contributed by atoms with van der Waals surface area (Å²) >= 11 is 0. The van der Waals surface area contributed by atoms with Gasteiger partial charge >= 0.3 is 20.4 Å². The molecule has 0 bridgehead atoms. The Bertz CT molecular complexity index is 748. The van der Waals surface area contributed by atoms with Crippen LogP contribution in [-0.2, 0) is 26.8 Å². The normalized spacial score (nSPS) is 9.80. The molecule has 3 aromatic rings. The fourth-order valence-corrected chi connectivity index (χ4v) is 1.81. The summed E-state index contributed by atoms with van der Waals surface area (Å²) in [5.41, 5.74) is 1.80. The molecule has 6 heteroatoms. The van der Waals surface area contributed by atoms with Crippen molar-refractivity contribution >= 4 is 11.4 Å². The molecule has 0 radical (unpaired) electrons. The summed E-state index contributed by atoms with van der Waals surface area (Å²) in [5, 5.41) is 30.1. The van der Waals surface area contributed by atoms with Crippen LogP contribution in [0.3, 0.4) is 0 Å². The van der Waals surface area contributed by atoms with Gasteiger partial charge in [0.2, 0.25) is 0 Å². The van der Waals surface area contributed by atoms with Crippen LogP contribution in [-0.4, -0.2) is 4.98 Å². The van der Waals surface area contributed by atoms with Crippen LogP contribution in [0, 0.1) is 0 Å². The second kappa shape index (κ2) is 11.1. The van der Waals surface area contributed by atoms with Gasteiger partial charge in [-0.25, -0.2) is 0 Å². The summed E-state index contributed by atoms with van der Waals surface area (Å²) in [5.74, 6) is -0.427. The molecule has 1 heterocycles. The van der Waals surface area contributed by atoms with Crippen molar-refractivity contribution in [2.45, 2.75) is 13.3 Å². The molecule has 0 saturated heterocycles. The number of aryl methyl sites for hydroxylation is 1. The Balaban J connectivity index is 0.000000295. The second-order valence-electron chi connectivity index (χ2n) is 4.84. The molecule has 0 N–H and O–H groups in total. The summed E-state index contributed by atoms with van der Waals surface area (Å²) in [4.78, 5) is 3.89. The average molecular weight is 426 g/mol. The first-order valence-electron chi connectivity index (χ1n) is 7.53. The van der Waals surface area contributed by atoms with Crippen molar-refractivity contribution in [2.24, 2.45) is 10.2 Å². The summed E-state index contributed by atoms with van der Waals surface area (Å²) in [6, 6.07) is 16.6. The first-order chi connectivity index (χ1) is 11.7. The summed E-state index contributed by atoms with van der Waals surface area (Å²) < 4.78 is 0. The fourth-order valence-electron chi connectivity index (χ4n) is 1.81. The Hall–Kier alpha value is -2.55. The van der Waals surface area contributed by atoms with Gasteiger partial charge in [0.05, 0.1) is 11.4 Å². The Kier molecular flexibility index (Phi) is 9.09. The van der Waals surface area contributed by atoms with Gasteiger partial charge in [-0.2, -0.15) is 10.2 Å². The minimum Gasteiger partial charge on any atom is -0.871 e. The van der Waals surface area contributed by atoms with Crippen molar-refractivity contribution in [3.05, 3.63) is 78.6 Å². The summed E-state index contributed by atoms with van der Waals surface area (Å²) in [6.45, 7) is 2.13. The zero-order chi connectivity index (χ0) is 17.2. The minimum absolute atomic E-state index is 0. The van der Waals surface area contributed by atoms with E-state index in [-0.39, 0.29) is 43.3 Å². The summed E-state index contributed by atoms with van der Waals surface area (Å²) in [7, 11) is 0. The Morgan fingerprint density at radius 2 is 1.20 bits per heavy atom. The predicted octanol–water partition coefficient (Wildman–Crippen LogP) is 3.89. The molecule has 0 saturated carbocycles. The van der Waals surface area contributed by atoms with Gasteiger partial charge in [-0.15, -0.1) is 0 Å². The molecule has 0 aliphatic carbocycles. The number of para-hydroxylation sites is 2. The van der Waals surface area contributed by atoms with Gasteiger partial charge in [-0.1, -0.05) is 54.8 Å². The van der Waals surface area contributed by atoms with E-state index in [1.54, 1.807) is 36.4 Å². The van der Waals surface area contributed by atoms with Gasteiger partial charge in [0.1, 0.15) is 0 Å². The third-order valence-corrected chi connectivity index (χ3v) is 3.15. The third-order valence-electron chi connectivity index (χ3n) is 3.15. The van der Waals surface area contributed by atoms with Crippen LogP contribution >= 0.6 is 0 Å². The van der Waals surface area contributed by atoms with Crippen LogP contribution in [0.2, 0.25) is 0 Å². The number of pyridine rings is 1. The van der Waals surface area contributed by atoms with Crippen molar-refractivity contribution in [3.63, 3.8) is 0 Å². The van der Waals surface area contributed by atoms with Crippen LogP contribution in [0.5, 0.6) is 11.5 Å². The Morgan fingerprint density at radius 3 is 1.56 bits per heavy atom. The number of rotatable bonds is 3. The number of nitrogens with zero attached hydrogens (tertiary/aromatic N) is 3. The number of benzene rings is 2. The van der Waals surface area contributed by atoms with E-state index in [0.29, 0.717) is 0 Å². The maximum absolute atomic E-state index is 11.3. The van der Waals surface area contributed by atoms with Gasteiger partial charge in [-0.3, -0.25) is 4.98 Å². The molecule has 0 unspecified atom stereocenters. The molecule has 5 nitrogen and oxygen atoms in total. The largest absolute Gasteiger partial charge is 2.00 e. The Morgan fingerprint density at radius 1 is 0.760 bits per heavy atom. The number of hydrogen-bond donors (Lipinski definition) is 0. The van der Waals surface area contributed by atoms with Gasteiger partial charge in [0.25, 0.3) is 0 Å². The molecule has 3 rings (SSSR count). The van der Waals surface area contributed by atoms with Crippen LogP contribution in [0.4, 0.5) is 11.4 Å². The fraction of sp³-hybridized carbons (Fsp3) is 0.105. The molecule has 0 aliphatic heterocycles. The van der Waals surface area contributed by atoms with Crippen molar-refractivity contribution in [1.29, 1.82) is 0 Å². The molecule has 0 amide bonds. The molecule has 0 fully saturated rings. The topological polar surface area (TPSA) is 83.7 Å². The van der Waals surface area contributed by atoms with Crippen LogP contribution in [0.25, 0.3) is 0 Å². The quantitative estimate of drug-likeness (QED) is 0.471. The molecular weight excluding hydrogens is 409 g/mol. The molecule has 25 heavy (non-hydrogen) atoms. The summed E-state index contributed by atoms with van der Waals surface area (Å²) in [6.07, 6.45) is 4.74. The van der Waals surface area contributed by atoms with E-state index in [9.17, 15) is 10.2 Å². The third kappa shape index (κ3) is 6.84. The first-order valence-corrected chi connectivity index (χ1v) is 7.53. The first kappa shape index (κ1) is 20.5. The van der Waals surface area contributed by atoms with Crippen LogP contribution in [0.1, 0.15) is 12.5 Å². The van der Waals surface area contributed by atoms with Gasteiger partial charge < -0.3 is 10.2 Å². The van der Waals surface area contributed by atoms with Crippen molar-refractivity contribution in [1.82, 2.24) is 4.98 Å². The maximum atomic E-state index is 11.3. The molecule has 130 valence electrons. The standard InChI is InChI=1S/C12H10N2O2.C7H9N.Pd/c15-11-7-3-1-5-9(11)13-14-10-6-2-4-8-12(10)16;1-2-7-3-5-8-6-4-7;/h1-8,15-16H;3-6H,2H2,1H3;/q;;+2/p-2. The van der Waals surface area contributed by atoms with E-state index < -0.39 is 0 Å². The smallest absolute Gasteiger partial charge is 0.871 e. The van der Waals surface area contributed by atoms with E-state index in [4.69, 9.17) is 0 Å². The molecule has 0 aliphatic rings. The maximum Gasteiger partial charge on any atom is 2.00 e. The van der Waals surface area contributed by atoms with Crippen molar-refractivity contribution in [3.8, 4) is 11.5 Å². The predicted molar refractivity (Wildman–Crippen MR) is 89.6 cm³/mol. The molecule has 0 spiro atoms. The van der Waals surface area contributed by atoms with Gasteiger partial charge in [0, 0.05) is 12.4 Å². The van der Waals surface area contributed by atoms with Crippen LogP contribution in [0.15, 0.2) is 83.3 Å². The molecule has 0 atom stereocenters. The minimum atomic E-state index is -0.213. The zero-order valence-corrected chi connectivity index (χ0v) is 15.2. The van der Waals surface area contributed by atoms with E-state index in [1.807, 2.05) is 24.5 Å². The van der Waals surface area contributed by atoms with Gasteiger partial charge in [0.15, 0.2) is 0 Å². The number of hydrogen-bond acceptors (Lipinski definition) is 5. The zero-order valence-electron chi connectivity index (χ0n) is 13.6. The Labute approximate surface area is 160 Å². The van der Waals surface area contributed by atoms with E-state index in [0.717, 1.165) is 6.42 Å². The number of azo groups is 1. The van der Waals surface area contributed by atoms with E-state index in [2.05, 4.69) is 22.1 Å². The number of aromatic nitrogens is 1.